The van der Waals surface area contributed by atoms with Crippen molar-refractivity contribution in [2.24, 2.45) is 7.05 Å². The zero-order valence-corrected chi connectivity index (χ0v) is 12.3. The lowest BCUT2D eigenvalue weighted by molar-refractivity contribution is -0.385. The Labute approximate surface area is 129 Å². The van der Waals surface area contributed by atoms with Gasteiger partial charge in [0.25, 0.3) is 0 Å². The highest BCUT2D eigenvalue weighted by Gasteiger charge is 2.13. The van der Waals surface area contributed by atoms with Gasteiger partial charge >= 0.3 is 5.69 Å². The highest BCUT2D eigenvalue weighted by atomic mass is 32.2. The van der Waals surface area contributed by atoms with Crippen molar-refractivity contribution >= 4 is 17.4 Å². The van der Waals surface area contributed by atoms with Crippen LogP contribution in [0.1, 0.15) is 0 Å². The summed E-state index contributed by atoms with van der Waals surface area (Å²) in [4.78, 5) is 14.4. The molecule has 0 bridgehead atoms. The van der Waals surface area contributed by atoms with Gasteiger partial charge in [-0.3, -0.25) is 19.8 Å². The molecule has 0 aliphatic heterocycles. The normalized spacial score (nSPS) is 10.8. The van der Waals surface area contributed by atoms with Crippen molar-refractivity contribution in [3.8, 4) is 11.5 Å². The predicted molar refractivity (Wildman–Crippen MR) is 79.0 cm³/mol. The third kappa shape index (κ3) is 2.81. The molecule has 0 unspecified atom stereocenters. The highest BCUT2D eigenvalue weighted by Crippen LogP contribution is 2.22. The molecule has 0 N–H and O–H groups in total. The molecule has 0 aliphatic rings. The zero-order chi connectivity index (χ0) is 15.5. The second-order valence-corrected chi connectivity index (χ2v) is 5.26. The number of pyridine rings is 1. The van der Waals surface area contributed by atoms with Crippen molar-refractivity contribution in [3.63, 3.8) is 0 Å². The van der Waals surface area contributed by atoms with Gasteiger partial charge in [-0.05, 0) is 12.1 Å². The summed E-state index contributed by atoms with van der Waals surface area (Å²) in [6.07, 6.45) is 4.29. The first-order valence-electron chi connectivity index (χ1n) is 6.25. The van der Waals surface area contributed by atoms with Gasteiger partial charge in [0, 0.05) is 13.2 Å². The molecule has 22 heavy (non-hydrogen) atoms. The van der Waals surface area contributed by atoms with Crippen LogP contribution in [0.15, 0.2) is 41.9 Å². The summed E-state index contributed by atoms with van der Waals surface area (Å²) < 4.78 is 3.31. The molecule has 0 spiro atoms. The van der Waals surface area contributed by atoms with Gasteiger partial charge in [-0.15, -0.1) is 10.2 Å². The summed E-state index contributed by atoms with van der Waals surface area (Å²) in [5.74, 6) is 1.07. The first-order valence-corrected chi connectivity index (χ1v) is 7.24. The Hall–Kier alpha value is -2.75. The van der Waals surface area contributed by atoms with Crippen molar-refractivity contribution < 1.29 is 4.92 Å². The molecular weight excluding hydrogens is 306 g/mol. The fourth-order valence-corrected chi connectivity index (χ4v) is 2.57. The average molecular weight is 317 g/mol. The number of aromatic nitrogens is 6. The molecule has 0 amide bonds. The Morgan fingerprint density at radius 3 is 2.91 bits per heavy atom. The quantitative estimate of drug-likeness (QED) is 0.401. The Morgan fingerprint density at radius 2 is 2.23 bits per heavy atom. The molecule has 0 saturated heterocycles. The van der Waals surface area contributed by atoms with E-state index in [0.29, 0.717) is 16.9 Å². The van der Waals surface area contributed by atoms with Crippen molar-refractivity contribution in [2.75, 3.05) is 0 Å². The third-order valence-corrected chi connectivity index (χ3v) is 3.89. The molecule has 0 aliphatic carbocycles. The summed E-state index contributed by atoms with van der Waals surface area (Å²) in [5, 5.41) is 23.5. The maximum atomic E-state index is 10.6. The van der Waals surface area contributed by atoms with E-state index in [2.05, 4.69) is 20.3 Å². The van der Waals surface area contributed by atoms with E-state index in [-0.39, 0.29) is 5.69 Å². The molecule has 3 aromatic rings. The molecular formula is C12H11N7O2S. The summed E-state index contributed by atoms with van der Waals surface area (Å²) in [6, 6.07) is 5.57. The summed E-state index contributed by atoms with van der Waals surface area (Å²) >= 11 is 1.38. The molecule has 0 fully saturated rings. The number of hydrogen-bond donors (Lipinski definition) is 0. The Morgan fingerprint density at radius 1 is 1.36 bits per heavy atom. The van der Waals surface area contributed by atoms with Crippen LogP contribution in [-0.2, 0) is 12.9 Å². The van der Waals surface area contributed by atoms with Crippen LogP contribution in [-0.4, -0.2) is 34.5 Å². The van der Waals surface area contributed by atoms with Crippen molar-refractivity contribution in [1.82, 2.24) is 29.5 Å². The molecule has 3 heterocycles. The smallest absolute Gasteiger partial charge is 0.304 e. The van der Waals surface area contributed by atoms with E-state index in [1.165, 1.54) is 28.8 Å². The lowest BCUT2D eigenvalue weighted by Crippen LogP contribution is -1.99. The van der Waals surface area contributed by atoms with Gasteiger partial charge < -0.3 is 4.57 Å². The minimum Gasteiger partial charge on any atom is -0.304 e. The van der Waals surface area contributed by atoms with Gasteiger partial charge in [-0.2, -0.15) is 5.10 Å². The minimum atomic E-state index is -0.477. The molecule has 3 aromatic heterocycles. The average Bonchev–Trinajstić information content (AvgIpc) is 3.13. The van der Waals surface area contributed by atoms with E-state index < -0.39 is 4.92 Å². The Bertz CT molecular complexity index is 799. The maximum absolute atomic E-state index is 10.6. The predicted octanol–water partition coefficient (Wildman–Crippen LogP) is 1.73. The van der Waals surface area contributed by atoms with E-state index in [4.69, 9.17) is 0 Å². The van der Waals surface area contributed by atoms with E-state index in [1.54, 1.807) is 6.20 Å². The van der Waals surface area contributed by atoms with Crippen LogP contribution < -0.4 is 0 Å². The number of hydrogen-bond acceptors (Lipinski definition) is 7. The maximum Gasteiger partial charge on any atom is 0.307 e. The molecule has 112 valence electrons. The largest absolute Gasteiger partial charge is 0.307 e. The van der Waals surface area contributed by atoms with Gasteiger partial charge in [-0.25, -0.2) is 0 Å². The summed E-state index contributed by atoms with van der Waals surface area (Å²) in [7, 11) is 1.85. The zero-order valence-electron chi connectivity index (χ0n) is 11.5. The molecule has 3 rings (SSSR count). The van der Waals surface area contributed by atoms with E-state index in [9.17, 15) is 10.1 Å². The van der Waals surface area contributed by atoms with Gasteiger partial charge in [0.1, 0.15) is 18.1 Å². The van der Waals surface area contributed by atoms with Crippen LogP contribution in [0.5, 0.6) is 0 Å². The van der Waals surface area contributed by atoms with Crippen LogP contribution in [0.3, 0.4) is 0 Å². The van der Waals surface area contributed by atoms with E-state index in [0.717, 1.165) is 5.69 Å². The lowest BCUT2D eigenvalue weighted by Gasteiger charge is -2.03. The standard InChI is InChI=1S/C12H11N7O2S/c1-17-11(10-4-2-3-5-13-10)15-16-12(17)22-8-18-7-9(6-14-18)19(20)21/h2-7H,8H2,1H3. The van der Waals surface area contributed by atoms with Crippen molar-refractivity contribution in [3.05, 3.63) is 46.9 Å². The summed E-state index contributed by atoms with van der Waals surface area (Å²) in [5.41, 5.74) is 0.701. The fourth-order valence-electron chi connectivity index (χ4n) is 1.80. The number of nitrogens with zero attached hydrogens (tertiary/aromatic N) is 7. The lowest BCUT2D eigenvalue weighted by atomic mass is 10.3. The first-order chi connectivity index (χ1) is 10.6. The van der Waals surface area contributed by atoms with Crippen molar-refractivity contribution in [2.45, 2.75) is 11.0 Å². The number of nitro groups is 1. The van der Waals surface area contributed by atoms with Crippen LogP contribution in [0, 0.1) is 10.1 Å². The first kappa shape index (κ1) is 14.2. The third-order valence-electron chi connectivity index (χ3n) is 2.89. The molecule has 0 saturated carbocycles. The van der Waals surface area contributed by atoms with E-state index in [1.807, 2.05) is 29.8 Å². The van der Waals surface area contributed by atoms with Crippen LogP contribution in [0.2, 0.25) is 0 Å². The number of rotatable bonds is 5. The van der Waals surface area contributed by atoms with Gasteiger partial charge in [0.05, 0.1) is 10.8 Å². The second kappa shape index (κ2) is 5.93. The molecule has 0 atom stereocenters. The number of thioether (sulfide) groups is 1. The van der Waals surface area contributed by atoms with Gasteiger partial charge in [0.15, 0.2) is 11.0 Å². The summed E-state index contributed by atoms with van der Waals surface area (Å²) in [6.45, 7) is 0. The monoisotopic (exact) mass is 317 g/mol. The molecule has 0 radical (unpaired) electrons. The minimum absolute atomic E-state index is 0.0345. The Kier molecular flexibility index (Phi) is 3.83. The van der Waals surface area contributed by atoms with Crippen LogP contribution in [0.4, 0.5) is 5.69 Å². The highest BCUT2D eigenvalue weighted by molar-refractivity contribution is 7.98. The molecule has 0 aromatic carbocycles. The van der Waals surface area contributed by atoms with Gasteiger partial charge in [0.2, 0.25) is 0 Å². The molecule has 10 heteroatoms. The van der Waals surface area contributed by atoms with E-state index >= 15 is 0 Å². The van der Waals surface area contributed by atoms with Crippen LogP contribution in [0.25, 0.3) is 11.5 Å². The molecule has 9 nitrogen and oxygen atoms in total. The Balaban J connectivity index is 1.73. The van der Waals surface area contributed by atoms with Gasteiger partial charge in [-0.1, -0.05) is 17.8 Å². The SMILES string of the molecule is Cn1c(SCn2cc([N+](=O)[O-])cn2)nnc1-c1ccccn1. The van der Waals surface area contributed by atoms with Crippen LogP contribution >= 0.6 is 11.8 Å². The second-order valence-electron chi connectivity index (χ2n) is 4.35. The topological polar surface area (TPSA) is 105 Å². The fraction of sp³-hybridized carbons (Fsp3) is 0.167. The van der Waals surface area contributed by atoms with Crippen molar-refractivity contribution in [1.29, 1.82) is 0 Å².